The molecule has 0 radical (unpaired) electrons. The standard InChI is InChI=1S/C18H21NO/c1-13(2)14-7-9-16(10-8-14)19-18-12-20-11-15-5-3-4-6-17(15)18/h3-10,13,18-19H,11-12H2,1-2H3. The van der Waals surface area contributed by atoms with Crippen molar-refractivity contribution in [1.29, 1.82) is 0 Å². The van der Waals surface area contributed by atoms with E-state index in [-0.39, 0.29) is 6.04 Å². The summed E-state index contributed by atoms with van der Waals surface area (Å²) in [5.74, 6) is 0.572. The molecule has 2 aromatic carbocycles. The maximum absolute atomic E-state index is 5.68. The van der Waals surface area contributed by atoms with Crippen molar-refractivity contribution < 1.29 is 4.74 Å². The zero-order chi connectivity index (χ0) is 13.9. The number of fused-ring (bicyclic) bond motifs is 1. The van der Waals surface area contributed by atoms with Gasteiger partial charge >= 0.3 is 0 Å². The van der Waals surface area contributed by atoms with Crippen LogP contribution in [0.25, 0.3) is 0 Å². The molecule has 0 bridgehead atoms. The number of benzene rings is 2. The number of nitrogens with one attached hydrogen (secondary N) is 1. The van der Waals surface area contributed by atoms with Gasteiger partial charge in [-0.2, -0.15) is 0 Å². The van der Waals surface area contributed by atoms with Crippen LogP contribution in [-0.4, -0.2) is 6.61 Å². The van der Waals surface area contributed by atoms with Gasteiger partial charge in [-0.3, -0.25) is 0 Å². The van der Waals surface area contributed by atoms with E-state index < -0.39 is 0 Å². The predicted octanol–water partition coefficient (Wildman–Crippen LogP) is 4.49. The van der Waals surface area contributed by atoms with Gasteiger partial charge in [0.05, 0.1) is 19.3 Å². The van der Waals surface area contributed by atoms with Gasteiger partial charge in [0, 0.05) is 5.69 Å². The van der Waals surface area contributed by atoms with Gasteiger partial charge in [0.1, 0.15) is 0 Å². The lowest BCUT2D eigenvalue weighted by atomic mass is 9.98. The van der Waals surface area contributed by atoms with E-state index in [4.69, 9.17) is 4.74 Å². The monoisotopic (exact) mass is 267 g/mol. The van der Waals surface area contributed by atoms with E-state index in [9.17, 15) is 0 Å². The minimum atomic E-state index is 0.241. The lowest BCUT2D eigenvalue weighted by Crippen LogP contribution is -2.23. The van der Waals surface area contributed by atoms with E-state index in [0.29, 0.717) is 5.92 Å². The summed E-state index contributed by atoms with van der Waals surface area (Å²) in [5, 5.41) is 3.58. The van der Waals surface area contributed by atoms with Gasteiger partial charge < -0.3 is 10.1 Å². The average Bonchev–Trinajstić information content (AvgIpc) is 2.48. The Bertz CT molecular complexity index is 574. The van der Waals surface area contributed by atoms with Crippen LogP contribution < -0.4 is 5.32 Å². The summed E-state index contributed by atoms with van der Waals surface area (Å²) < 4.78 is 5.68. The lowest BCUT2D eigenvalue weighted by molar-refractivity contribution is 0.0970. The third-order valence-corrected chi connectivity index (χ3v) is 3.89. The second kappa shape index (κ2) is 5.68. The molecule has 2 heteroatoms. The van der Waals surface area contributed by atoms with Gasteiger partial charge in [-0.25, -0.2) is 0 Å². The topological polar surface area (TPSA) is 21.3 Å². The van der Waals surface area contributed by atoms with Crippen LogP contribution in [0, 0.1) is 0 Å². The zero-order valence-corrected chi connectivity index (χ0v) is 12.1. The second-order valence-corrected chi connectivity index (χ2v) is 5.69. The number of anilines is 1. The molecular weight excluding hydrogens is 246 g/mol. The molecule has 1 aliphatic heterocycles. The highest BCUT2D eigenvalue weighted by Gasteiger charge is 2.19. The van der Waals surface area contributed by atoms with Crippen molar-refractivity contribution in [3.63, 3.8) is 0 Å². The number of hydrogen-bond acceptors (Lipinski definition) is 2. The zero-order valence-electron chi connectivity index (χ0n) is 12.1. The first kappa shape index (κ1) is 13.2. The van der Waals surface area contributed by atoms with Crippen LogP contribution in [-0.2, 0) is 11.3 Å². The summed E-state index contributed by atoms with van der Waals surface area (Å²) in [5.41, 5.74) is 5.16. The van der Waals surface area contributed by atoms with Crippen molar-refractivity contribution in [2.24, 2.45) is 0 Å². The molecule has 0 amide bonds. The SMILES string of the molecule is CC(C)c1ccc(NC2COCc3ccccc32)cc1. The molecule has 1 heterocycles. The molecule has 0 spiro atoms. The van der Waals surface area contributed by atoms with Crippen molar-refractivity contribution >= 4 is 5.69 Å². The molecule has 0 aromatic heterocycles. The summed E-state index contributed by atoms with van der Waals surface area (Å²) in [7, 11) is 0. The van der Waals surface area contributed by atoms with E-state index in [1.807, 2.05) is 0 Å². The summed E-state index contributed by atoms with van der Waals surface area (Å²) in [6.07, 6.45) is 0. The van der Waals surface area contributed by atoms with Crippen molar-refractivity contribution in [3.8, 4) is 0 Å². The maximum Gasteiger partial charge on any atom is 0.0751 e. The Hall–Kier alpha value is -1.80. The van der Waals surface area contributed by atoms with E-state index in [1.54, 1.807) is 0 Å². The molecule has 2 nitrogen and oxygen atoms in total. The molecule has 1 atom stereocenters. The van der Waals surface area contributed by atoms with Gasteiger partial charge in [-0.05, 0) is 34.7 Å². The number of hydrogen-bond donors (Lipinski definition) is 1. The van der Waals surface area contributed by atoms with Gasteiger partial charge in [-0.1, -0.05) is 50.2 Å². The fraction of sp³-hybridized carbons (Fsp3) is 0.333. The molecule has 1 unspecified atom stereocenters. The fourth-order valence-electron chi connectivity index (χ4n) is 2.67. The molecule has 2 aromatic rings. The summed E-state index contributed by atoms with van der Waals surface area (Å²) in [4.78, 5) is 0. The van der Waals surface area contributed by atoms with E-state index in [2.05, 4.69) is 67.7 Å². The highest BCUT2D eigenvalue weighted by Crippen LogP contribution is 2.28. The Balaban J connectivity index is 1.78. The summed E-state index contributed by atoms with van der Waals surface area (Å²) in [6.45, 7) is 5.88. The fourth-order valence-corrected chi connectivity index (χ4v) is 2.67. The molecule has 0 aliphatic carbocycles. The van der Waals surface area contributed by atoms with Gasteiger partial charge in [-0.15, -0.1) is 0 Å². The maximum atomic E-state index is 5.68. The van der Waals surface area contributed by atoms with Gasteiger partial charge in [0.25, 0.3) is 0 Å². The van der Waals surface area contributed by atoms with Crippen molar-refractivity contribution in [3.05, 3.63) is 65.2 Å². The largest absolute Gasteiger partial charge is 0.376 e. The number of ether oxygens (including phenoxy) is 1. The molecule has 0 saturated heterocycles. The quantitative estimate of drug-likeness (QED) is 0.884. The first-order valence-electron chi connectivity index (χ1n) is 7.26. The first-order valence-corrected chi connectivity index (χ1v) is 7.26. The smallest absolute Gasteiger partial charge is 0.0751 e. The van der Waals surface area contributed by atoms with E-state index in [0.717, 1.165) is 18.9 Å². The van der Waals surface area contributed by atoms with Crippen LogP contribution in [0.1, 0.15) is 42.5 Å². The Morgan fingerprint density at radius 1 is 1.05 bits per heavy atom. The van der Waals surface area contributed by atoms with Gasteiger partial charge in [0.2, 0.25) is 0 Å². The molecule has 0 fully saturated rings. The average molecular weight is 267 g/mol. The Morgan fingerprint density at radius 3 is 2.55 bits per heavy atom. The minimum absolute atomic E-state index is 0.241. The van der Waals surface area contributed by atoms with Crippen LogP contribution in [0.5, 0.6) is 0 Å². The van der Waals surface area contributed by atoms with Crippen molar-refractivity contribution in [2.45, 2.75) is 32.4 Å². The molecular formula is C18H21NO. The Labute approximate surface area is 120 Å². The predicted molar refractivity (Wildman–Crippen MR) is 83.0 cm³/mol. The van der Waals surface area contributed by atoms with Crippen LogP contribution in [0.2, 0.25) is 0 Å². The first-order chi connectivity index (χ1) is 9.74. The van der Waals surface area contributed by atoms with Crippen LogP contribution >= 0.6 is 0 Å². The van der Waals surface area contributed by atoms with E-state index in [1.165, 1.54) is 16.7 Å². The summed E-state index contributed by atoms with van der Waals surface area (Å²) in [6, 6.07) is 17.5. The van der Waals surface area contributed by atoms with E-state index >= 15 is 0 Å². The molecule has 20 heavy (non-hydrogen) atoms. The molecule has 104 valence electrons. The number of rotatable bonds is 3. The molecule has 0 saturated carbocycles. The normalized spacial score (nSPS) is 17.9. The van der Waals surface area contributed by atoms with Crippen LogP contribution in [0.15, 0.2) is 48.5 Å². The Morgan fingerprint density at radius 2 is 1.80 bits per heavy atom. The van der Waals surface area contributed by atoms with Crippen LogP contribution in [0.4, 0.5) is 5.69 Å². The van der Waals surface area contributed by atoms with Crippen LogP contribution in [0.3, 0.4) is 0 Å². The third-order valence-electron chi connectivity index (χ3n) is 3.89. The highest BCUT2D eigenvalue weighted by atomic mass is 16.5. The Kier molecular flexibility index (Phi) is 3.75. The van der Waals surface area contributed by atoms with Crippen molar-refractivity contribution in [2.75, 3.05) is 11.9 Å². The highest BCUT2D eigenvalue weighted by molar-refractivity contribution is 5.48. The molecule has 1 aliphatic rings. The molecule has 1 N–H and O–H groups in total. The third kappa shape index (κ3) is 2.70. The molecule has 3 rings (SSSR count). The lowest BCUT2D eigenvalue weighted by Gasteiger charge is -2.27. The second-order valence-electron chi connectivity index (χ2n) is 5.69. The summed E-state index contributed by atoms with van der Waals surface area (Å²) >= 11 is 0. The van der Waals surface area contributed by atoms with Gasteiger partial charge in [0.15, 0.2) is 0 Å². The minimum Gasteiger partial charge on any atom is -0.376 e. The van der Waals surface area contributed by atoms with Crippen molar-refractivity contribution in [1.82, 2.24) is 0 Å².